The molecule has 0 radical (unpaired) electrons. The maximum Gasteiger partial charge on any atom is 0.410 e. The van der Waals surface area contributed by atoms with Crippen LogP contribution in [-0.2, 0) is 9.47 Å². The summed E-state index contributed by atoms with van der Waals surface area (Å²) in [6.45, 7) is 10.9. The van der Waals surface area contributed by atoms with E-state index in [4.69, 9.17) is 9.47 Å². The summed E-state index contributed by atoms with van der Waals surface area (Å²) in [4.78, 5) is 14.3. The second kappa shape index (κ2) is 5.92. The highest BCUT2D eigenvalue weighted by molar-refractivity contribution is 5.69. The Morgan fingerprint density at radius 3 is 2.35 bits per heavy atom. The Labute approximate surface area is 122 Å². The monoisotopic (exact) mass is 283 g/mol. The largest absolute Gasteiger partial charge is 0.444 e. The summed E-state index contributed by atoms with van der Waals surface area (Å²) in [6, 6.07) is 0.332. The number of rotatable bonds is 1. The second-order valence-corrected chi connectivity index (χ2v) is 7.37. The fourth-order valence-corrected chi connectivity index (χ4v) is 3.60. The summed E-state index contributed by atoms with van der Waals surface area (Å²) >= 11 is 0. The standard InChI is InChI=1S/C16H29NO3/c1-11-9-13(10-12(2)19-11)14-7-6-8-17(14)15(18)20-16(3,4)5/h11-14H,6-10H2,1-5H3/t11-,12+,13?,14-/m0/s1. The molecule has 4 atom stereocenters. The Morgan fingerprint density at radius 2 is 1.80 bits per heavy atom. The van der Waals surface area contributed by atoms with Crippen molar-refractivity contribution in [2.45, 2.75) is 84.2 Å². The lowest BCUT2D eigenvalue weighted by molar-refractivity contribution is -0.0674. The molecule has 2 saturated heterocycles. The number of amides is 1. The van der Waals surface area contributed by atoms with E-state index in [0.29, 0.717) is 24.2 Å². The van der Waals surface area contributed by atoms with E-state index in [1.54, 1.807) is 0 Å². The van der Waals surface area contributed by atoms with Crippen molar-refractivity contribution in [2.75, 3.05) is 6.54 Å². The van der Waals surface area contributed by atoms with Gasteiger partial charge >= 0.3 is 6.09 Å². The van der Waals surface area contributed by atoms with Gasteiger partial charge in [0.2, 0.25) is 0 Å². The van der Waals surface area contributed by atoms with Crippen molar-refractivity contribution in [3.05, 3.63) is 0 Å². The van der Waals surface area contributed by atoms with Gasteiger partial charge in [-0.15, -0.1) is 0 Å². The number of hydrogen-bond donors (Lipinski definition) is 0. The third-order valence-electron chi connectivity index (χ3n) is 4.21. The molecule has 0 N–H and O–H groups in total. The molecule has 2 rings (SSSR count). The minimum Gasteiger partial charge on any atom is -0.444 e. The van der Waals surface area contributed by atoms with Gasteiger partial charge in [0.25, 0.3) is 0 Å². The molecule has 2 fully saturated rings. The molecular weight excluding hydrogens is 254 g/mol. The van der Waals surface area contributed by atoms with E-state index in [2.05, 4.69) is 13.8 Å². The highest BCUT2D eigenvalue weighted by Crippen LogP contribution is 2.35. The van der Waals surface area contributed by atoms with Crippen LogP contribution in [0, 0.1) is 5.92 Å². The third kappa shape index (κ3) is 3.87. The van der Waals surface area contributed by atoms with Crippen LogP contribution in [0.4, 0.5) is 4.79 Å². The van der Waals surface area contributed by atoms with Crippen molar-refractivity contribution in [3.63, 3.8) is 0 Å². The van der Waals surface area contributed by atoms with E-state index in [-0.39, 0.29) is 6.09 Å². The summed E-state index contributed by atoms with van der Waals surface area (Å²) in [5.41, 5.74) is -0.416. The first-order valence-corrected chi connectivity index (χ1v) is 7.91. The Hall–Kier alpha value is -0.770. The average Bonchev–Trinajstić information content (AvgIpc) is 2.73. The fraction of sp³-hybridized carbons (Fsp3) is 0.938. The van der Waals surface area contributed by atoms with E-state index in [1.807, 2.05) is 25.7 Å². The van der Waals surface area contributed by atoms with Gasteiger partial charge in [-0.25, -0.2) is 4.79 Å². The topological polar surface area (TPSA) is 38.8 Å². The van der Waals surface area contributed by atoms with Gasteiger partial charge in [-0.3, -0.25) is 0 Å². The van der Waals surface area contributed by atoms with E-state index in [0.717, 1.165) is 32.2 Å². The van der Waals surface area contributed by atoms with Gasteiger partial charge in [-0.05, 0) is 66.2 Å². The molecule has 1 unspecified atom stereocenters. The highest BCUT2D eigenvalue weighted by atomic mass is 16.6. The lowest BCUT2D eigenvalue weighted by atomic mass is 9.85. The van der Waals surface area contributed by atoms with Gasteiger partial charge in [-0.1, -0.05) is 0 Å². The van der Waals surface area contributed by atoms with Crippen LogP contribution in [0.1, 0.15) is 60.3 Å². The van der Waals surface area contributed by atoms with E-state index < -0.39 is 5.60 Å². The van der Waals surface area contributed by atoms with Crippen LogP contribution in [-0.4, -0.2) is 41.4 Å². The summed E-state index contributed by atoms with van der Waals surface area (Å²) in [5, 5.41) is 0. The zero-order chi connectivity index (χ0) is 14.9. The molecule has 116 valence electrons. The number of ether oxygens (including phenoxy) is 2. The van der Waals surface area contributed by atoms with Gasteiger partial charge in [0, 0.05) is 12.6 Å². The lowest BCUT2D eigenvalue weighted by Gasteiger charge is -2.39. The first-order chi connectivity index (χ1) is 9.26. The maximum absolute atomic E-state index is 12.3. The van der Waals surface area contributed by atoms with Gasteiger partial charge < -0.3 is 14.4 Å². The summed E-state index contributed by atoms with van der Waals surface area (Å²) in [7, 11) is 0. The number of likely N-dealkylation sites (tertiary alicyclic amines) is 1. The van der Waals surface area contributed by atoms with Crippen molar-refractivity contribution < 1.29 is 14.3 Å². The van der Waals surface area contributed by atoms with E-state index >= 15 is 0 Å². The zero-order valence-electron chi connectivity index (χ0n) is 13.5. The molecule has 20 heavy (non-hydrogen) atoms. The van der Waals surface area contributed by atoms with E-state index in [9.17, 15) is 4.79 Å². The van der Waals surface area contributed by atoms with Crippen LogP contribution in [0.25, 0.3) is 0 Å². The molecule has 4 heteroatoms. The third-order valence-corrected chi connectivity index (χ3v) is 4.21. The number of hydrogen-bond acceptors (Lipinski definition) is 3. The minimum absolute atomic E-state index is 0.146. The van der Waals surface area contributed by atoms with Crippen LogP contribution in [0.2, 0.25) is 0 Å². The molecule has 0 aromatic heterocycles. The predicted octanol–water partition coefficient (Wildman–Crippen LogP) is 3.59. The molecule has 2 heterocycles. The maximum atomic E-state index is 12.3. The molecule has 2 aliphatic heterocycles. The molecule has 0 aromatic carbocycles. The molecule has 1 amide bonds. The quantitative estimate of drug-likeness (QED) is 0.738. The molecule has 4 nitrogen and oxygen atoms in total. The Bertz CT molecular complexity index is 340. The van der Waals surface area contributed by atoms with Gasteiger partial charge in [0.1, 0.15) is 5.60 Å². The van der Waals surface area contributed by atoms with Gasteiger partial charge in [-0.2, -0.15) is 0 Å². The summed E-state index contributed by atoms with van der Waals surface area (Å²) < 4.78 is 11.4. The predicted molar refractivity (Wildman–Crippen MR) is 78.7 cm³/mol. The SMILES string of the molecule is C[C@@H]1CC([C@@H]2CCCN2C(=O)OC(C)(C)C)C[C@H](C)O1. The fourth-order valence-electron chi connectivity index (χ4n) is 3.60. The van der Waals surface area contributed by atoms with Crippen LogP contribution in [0.5, 0.6) is 0 Å². The molecule has 0 saturated carbocycles. The Kier molecular flexibility index (Phi) is 4.62. The summed E-state index contributed by atoms with van der Waals surface area (Å²) in [5.74, 6) is 0.545. The van der Waals surface area contributed by atoms with Crippen molar-refractivity contribution in [2.24, 2.45) is 5.92 Å². The van der Waals surface area contributed by atoms with Crippen molar-refractivity contribution in [1.82, 2.24) is 4.90 Å². The first kappa shape index (κ1) is 15.6. The van der Waals surface area contributed by atoms with Crippen LogP contribution < -0.4 is 0 Å². The lowest BCUT2D eigenvalue weighted by Crippen LogP contribution is -2.46. The molecule has 0 spiro atoms. The van der Waals surface area contributed by atoms with Crippen molar-refractivity contribution in [1.29, 1.82) is 0 Å². The normalized spacial score (nSPS) is 35.1. The van der Waals surface area contributed by atoms with Gasteiger partial charge in [0.15, 0.2) is 0 Å². The summed E-state index contributed by atoms with van der Waals surface area (Å²) in [6.07, 6.45) is 4.73. The van der Waals surface area contributed by atoms with Gasteiger partial charge in [0.05, 0.1) is 12.2 Å². The number of nitrogens with zero attached hydrogens (tertiary/aromatic N) is 1. The number of carbonyl (C=O) groups excluding carboxylic acids is 1. The average molecular weight is 283 g/mol. The highest BCUT2D eigenvalue weighted by Gasteiger charge is 2.39. The number of carbonyl (C=O) groups is 1. The minimum atomic E-state index is -0.416. The Morgan fingerprint density at radius 1 is 1.20 bits per heavy atom. The molecule has 0 bridgehead atoms. The first-order valence-electron chi connectivity index (χ1n) is 7.91. The molecule has 2 aliphatic rings. The molecule has 0 aliphatic carbocycles. The smallest absolute Gasteiger partial charge is 0.410 e. The Balaban J connectivity index is 2.01. The molecular formula is C16H29NO3. The van der Waals surface area contributed by atoms with Crippen LogP contribution in [0.15, 0.2) is 0 Å². The van der Waals surface area contributed by atoms with Crippen LogP contribution >= 0.6 is 0 Å². The second-order valence-electron chi connectivity index (χ2n) is 7.37. The van der Waals surface area contributed by atoms with Crippen LogP contribution in [0.3, 0.4) is 0 Å². The van der Waals surface area contributed by atoms with Crippen molar-refractivity contribution in [3.8, 4) is 0 Å². The van der Waals surface area contributed by atoms with Crippen molar-refractivity contribution >= 4 is 6.09 Å². The van der Waals surface area contributed by atoms with E-state index in [1.165, 1.54) is 0 Å². The molecule has 0 aromatic rings. The zero-order valence-corrected chi connectivity index (χ0v) is 13.5.